The highest BCUT2D eigenvalue weighted by Crippen LogP contribution is 2.15. The van der Waals surface area contributed by atoms with E-state index in [1.165, 1.54) is 0 Å². The summed E-state index contributed by atoms with van der Waals surface area (Å²) in [5.74, 6) is -0.165. The summed E-state index contributed by atoms with van der Waals surface area (Å²) >= 11 is 5.80. The number of carbonyl (C=O) groups is 1. The lowest BCUT2D eigenvalue weighted by Gasteiger charge is -2.15. The maximum atomic E-state index is 10.7. The van der Waals surface area contributed by atoms with E-state index in [0.717, 1.165) is 31.6 Å². The third-order valence-electron chi connectivity index (χ3n) is 3.37. The molecule has 2 unspecified atom stereocenters. The van der Waals surface area contributed by atoms with Gasteiger partial charge >= 0.3 is 5.97 Å². The Labute approximate surface area is 131 Å². The van der Waals surface area contributed by atoms with Gasteiger partial charge in [0.1, 0.15) is 12.4 Å². The molecule has 4 nitrogen and oxygen atoms in total. The van der Waals surface area contributed by atoms with Crippen molar-refractivity contribution in [2.45, 2.75) is 39.2 Å². The number of hydrogen-bond acceptors (Lipinski definition) is 3. The molecule has 2 atom stereocenters. The van der Waals surface area contributed by atoms with Crippen molar-refractivity contribution in [3.63, 3.8) is 0 Å². The van der Waals surface area contributed by atoms with Gasteiger partial charge in [0.05, 0.1) is 5.92 Å². The second kappa shape index (κ2) is 9.64. The summed E-state index contributed by atoms with van der Waals surface area (Å²) in [6.45, 7) is 5.21. The number of halogens is 1. The fourth-order valence-electron chi connectivity index (χ4n) is 1.96. The van der Waals surface area contributed by atoms with E-state index in [9.17, 15) is 4.79 Å². The first-order valence-electron chi connectivity index (χ1n) is 7.33. The summed E-state index contributed by atoms with van der Waals surface area (Å²) in [4.78, 5) is 10.7. The molecule has 0 aliphatic carbocycles. The van der Waals surface area contributed by atoms with Crippen molar-refractivity contribution in [3.8, 4) is 5.75 Å². The van der Waals surface area contributed by atoms with Crippen LogP contribution < -0.4 is 10.1 Å². The molecule has 0 aliphatic rings. The topological polar surface area (TPSA) is 58.6 Å². The summed E-state index contributed by atoms with van der Waals surface area (Å²) in [5, 5.41) is 12.9. The van der Waals surface area contributed by atoms with E-state index >= 15 is 0 Å². The minimum atomic E-state index is -0.716. The second-order valence-electron chi connectivity index (χ2n) is 5.33. The summed E-state index contributed by atoms with van der Waals surface area (Å²) in [6.07, 6.45) is 2.61. The van der Waals surface area contributed by atoms with Gasteiger partial charge in [-0.05, 0) is 44.0 Å². The number of rotatable bonds is 10. The van der Waals surface area contributed by atoms with Gasteiger partial charge in [0.15, 0.2) is 0 Å². The molecule has 1 aromatic rings. The van der Waals surface area contributed by atoms with Gasteiger partial charge in [-0.1, -0.05) is 24.9 Å². The number of carboxylic acid groups (broad SMARTS) is 1. The number of ether oxygens (including phenoxy) is 1. The van der Waals surface area contributed by atoms with E-state index in [1.54, 1.807) is 19.1 Å². The van der Waals surface area contributed by atoms with Crippen molar-refractivity contribution in [2.24, 2.45) is 5.92 Å². The number of carboxylic acids is 1. The third kappa shape index (κ3) is 7.93. The van der Waals surface area contributed by atoms with Gasteiger partial charge in [-0.3, -0.25) is 4.79 Å². The number of benzene rings is 1. The molecule has 5 heteroatoms. The summed E-state index contributed by atoms with van der Waals surface area (Å²) in [7, 11) is 0. The highest BCUT2D eigenvalue weighted by Gasteiger charge is 2.10. The third-order valence-corrected chi connectivity index (χ3v) is 3.63. The largest absolute Gasteiger partial charge is 0.492 e. The maximum Gasteiger partial charge on any atom is 0.306 e. The molecule has 0 radical (unpaired) electrons. The molecule has 0 aromatic heterocycles. The van der Waals surface area contributed by atoms with Gasteiger partial charge in [0.25, 0.3) is 0 Å². The van der Waals surface area contributed by atoms with E-state index in [2.05, 4.69) is 12.2 Å². The van der Waals surface area contributed by atoms with E-state index in [1.807, 2.05) is 12.1 Å². The van der Waals surface area contributed by atoms with E-state index in [4.69, 9.17) is 21.4 Å². The lowest BCUT2D eigenvalue weighted by Crippen LogP contribution is -2.30. The second-order valence-corrected chi connectivity index (χ2v) is 5.76. The van der Waals surface area contributed by atoms with Crippen LogP contribution in [0.25, 0.3) is 0 Å². The lowest BCUT2D eigenvalue weighted by atomic mass is 10.0. The molecule has 0 saturated heterocycles. The average Bonchev–Trinajstić information content (AvgIpc) is 2.45. The van der Waals surface area contributed by atoms with Crippen molar-refractivity contribution >= 4 is 17.6 Å². The fraction of sp³-hybridized carbons (Fsp3) is 0.562. The molecule has 0 spiro atoms. The Morgan fingerprint density at radius 2 is 1.95 bits per heavy atom. The van der Waals surface area contributed by atoms with Crippen LogP contribution in [0.3, 0.4) is 0 Å². The van der Waals surface area contributed by atoms with Crippen molar-refractivity contribution in [1.82, 2.24) is 5.32 Å². The van der Waals surface area contributed by atoms with E-state index in [0.29, 0.717) is 17.7 Å². The Kier molecular flexibility index (Phi) is 8.16. The van der Waals surface area contributed by atoms with Crippen LogP contribution in [-0.4, -0.2) is 30.3 Å². The zero-order chi connectivity index (χ0) is 15.7. The minimum Gasteiger partial charge on any atom is -0.492 e. The average molecular weight is 314 g/mol. The monoisotopic (exact) mass is 313 g/mol. The molecule has 0 heterocycles. The first-order valence-corrected chi connectivity index (χ1v) is 7.71. The first-order chi connectivity index (χ1) is 9.99. The Hall–Kier alpha value is -1.26. The summed E-state index contributed by atoms with van der Waals surface area (Å²) < 4.78 is 5.59. The van der Waals surface area contributed by atoms with E-state index < -0.39 is 5.97 Å². The van der Waals surface area contributed by atoms with Gasteiger partial charge in [0, 0.05) is 17.6 Å². The molecule has 1 rings (SSSR count). The first kappa shape index (κ1) is 17.8. The van der Waals surface area contributed by atoms with Crippen LogP contribution in [0.2, 0.25) is 5.02 Å². The van der Waals surface area contributed by atoms with Crippen LogP contribution in [-0.2, 0) is 4.79 Å². The van der Waals surface area contributed by atoms with Crippen LogP contribution in [0.4, 0.5) is 0 Å². The number of hydrogen-bond donors (Lipinski definition) is 2. The van der Waals surface area contributed by atoms with Crippen molar-refractivity contribution in [1.29, 1.82) is 0 Å². The molecule has 2 N–H and O–H groups in total. The van der Waals surface area contributed by atoms with Gasteiger partial charge in [-0.2, -0.15) is 0 Å². The SMILES string of the molecule is CC(CCCC(C)C(=O)O)NCCOc1ccc(Cl)cc1. The van der Waals surface area contributed by atoms with Gasteiger partial charge in [0.2, 0.25) is 0 Å². The molecule has 0 bridgehead atoms. The highest BCUT2D eigenvalue weighted by atomic mass is 35.5. The van der Waals surface area contributed by atoms with Crippen LogP contribution in [0.15, 0.2) is 24.3 Å². The smallest absolute Gasteiger partial charge is 0.306 e. The minimum absolute atomic E-state index is 0.259. The number of aliphatic carboxylic acids is 1. The maximum absolute atomic E-state index is 10.7. The van der Waals surface area contributed by atoms with Gasteiger partial charge in [-0.15, -0.1) is 0 Å². The Bertz CT molecular complexity index is 422. The van der Waals surface area contributed by atoms with Crippen molar-refractivity contribution in [3.05, 3.63) is 29.3 Å². The predicted molar refractivity (Wildman–Crippen MR) is 85.1 cm³/mol. The van der Waals surface area contributed by atoms with Crippen LogP contribution >= 0.6 is 11.6 Å². The zero-order valence-corrected chi connectivity index (χ0v) is 13.4. The standard InChI is InChI=1S/C16H24ClNO3/c1-12(16(19)20)4-3-5-13(2)18-10-11-21-15-8-6-14(17)7-9-15/h6-9,12-13,18H,3-5,10-11H2,1-2H3,(H,19,20). The molecule has 0 fully saturated rings. The Balaban J connectivity index is 2.06. The molecular weight excluding hydrogens is 290 g/mol. The molecular formula is C16H24ClNO3. The molecule has 118 valence electrons. The van der Waals surface area contributed by atoms with Crippen LogP contribution in [0, 0.1) is 5.92 Å². The normalized spacial score (nSPS) is 13.7. The number of nitrogens with one attached hydrogen (secondary N) is 1. The van der Waals surface area contributed by atoms with Gasteiger partial charge < -0.3 is 15.2 Å². The molecule has 0 saturated carbocycles. The molecule has 1 aromatic carbocycles. The lowest BCUT2D eigenvalue weighted by molar-refractivity contribution is -0.141. The van der Waals surface area contributed by atoms with Crippen LogP contribution in [0.1, 0.15) is 33.1 Å². The Morgan fingerprint density at radius 1 is 1.29 bits per heavy atom. The van der Waals surface area contributed by atoms with Crippen molar-refractivity contribution in [2.75, 3.05) is 13.2 Å². The summed E-state index contributed by atoms with van der Waals surface area (Å²) in [6, 6.07) is 7.66. The van der Waals surface area contributed by atoms with Crippen molar-refractivity contribution < 1.29 is 14.6 Å². The molecule has 0 amide bonds. The fourth-order valence-corrected chi connectivity index (χ4v) is 2.09. The zero-order valence-electron chi connectivity index (χ0n) is 12.6. The highest BCUT2D eigenvalue weighted by molar-refractivity contribution is 6.30. The molecule has 21 heavy (non-hydrogen) atoms. The van der Waals surface area contributed by atoms with Crippen LogP contribution in [0.5, 0.6) is 5.75 Å². The predicted octanol–water partition coefficient (Wildman–Crippen LogP) is 3.59. The quantitative estimate of drug-likeness (QED) is 0.648. The molecule has 0 aliphatic heterocycles. The van der Waals surface area contributed by atoms with E-state index in [-0.39, 0.29) is 5.92 Å². The summed E-state index contributed by atoms with van der Waals surface area (Å²) in [5.41, 5.74) is 0. The Morgan fingerprint density at radius 3 is 2.57 bits per heavy atom. The van der Waals surface area contributed by atoms with Gasteiger partial charge in [-0.25, -0.2) is 0 Å².